The van der Waals surface area contributed by atoms with Gasteiger partial charge in [0.1, 0.15) is 0 Å². The molecule has 0 radical (unpaired) electrons. The minimum Gasteiger partial charge on any atom is -0.357 e. The highest BCUT2D eigenvalue weighted by Crippen LogP contribution is 2.24. The molecule has 1 amide bonds. The number of hydrogen-bond donors (Lipinski definition) is 2. The van der Waals surface area contributed by atoms with Gasteiger partial charge in [-0.15, -0.1) is 35.3 Å². The number of amides is 1. The number of carbonyl (C=O) groups is 1. The number of hydrogen-bond acceptors (Lipinski definition) is 5. The van der Waals surface area contributed by atoms with Crippen molar-refractivity contribution in [3.05, 3.63) is 11.1 Å². The Morgan fingerprint density at radius 3 is 2.64 bits per heavy atom. The van der Waals surface area contributed by atoms with Crippen LogP contribution in [-0.4, -0.2) is 67.1 Å². The largest absolute Gasteiger partial charge is 0.357 e. The topological polar surface area (TPSA) is 72.9 Å². The molecule has 9 heteroatoms. The van der Waals surface area contributed by atoms with Crippen LogP contribution in [0.15, 0.2) is 10.4 Å². The van der Waals surface area contributed by atoms with Crippen LogP contribution < -0.4 is 15.5 Å². The van der Waals surface area contributed by atoms with Gasteiger partial charge in [-0.3, -0.25) is 9.79 Å². The third-order valence-corrected chi connectivity index (χ3v) is 5.09. The molecule has 2 rings (SSSR count). The van der Waals surface area contributed by atoms with Gasteiger partial charge in [0, 0.05) is 50.6 Å². The van der Waals surface area contributed by atoms with Crippen molar-refractivity contribution in [2.24, 2.45) is 4.99 Å². The zero-order chi connectivity index (χ0) is 19.9. The number of thiazole rings is 1. The first-order valence-corrected chi connectivity index (χ1v) is 10.7. The van der Waals surface area contributed by atoms with E-state index in [-0.39, 0.29) is 42.0 Å². The van der Waals surface area contributed by atoms with E-state index < -0.39 is 0 Å². The molecule has 1 fully saturated rings. The van der Waals surface area contributed by atoms with E-state index in [1.165, 1.54) is 12.8 Å². The summed E-state index contributed by atoms with van der Waals surface area (Å²) in [5, 5.41) is 9.51. The maximum Gasteiger partial charge on any atom is 0.240 e. The van der Waals surface area contributed by atoms with Gasteiger partial charge in [-0.2, -0.15) is 0 Å². The van der Waals surface area contributed by atoms with Crippen LogP contribution in [0, 0.1) is 0 Å². The molecule has 0 aliphatic carbocycles. The van der Waals surface area contributed by atoms with E-state index in [2.05, 4.69) is 25.9 Å². The molecule has 1 aliphatic rings. The van der Waals surface area contributed by atoms with Crippen LogP contribution in [0.3, 0.4) is 0 Å². The first kappa shape index (κ1) is 24.9. The fourth-order valence-electron chi connectivity index (χ4n) is 2.96. The van der Waals surface area contributed by atoms with Gasteiger partial charge in [-0.1, -0.05) is 0 Å². The van der Waals surface area contributed by atoms with Crippen LogP contribution in [0.5, 0.6) is 0 Å². The summed E-state index contributed by atoms with van der Waals surface area (Å²) in [4.78, 5) is 25.8. The van der Waals surface area contributed by atoms with Crippen molar-refractivity contribution < 1.29 is 4.79 Å². The maximum absolute atomic E-state index is 12.2. The van der Waals surface area contributed by atoms with Crippen LogP contribution in [0.4, 0.5) is 5.13 Å². The minimum atomic E-state index is -0.231. The summed E-state index contributed by atoms with van der Waals surface area (Å²) in [6.45, 7) is 11.9. The summed E-state index contributed by atoms with van der Waals surface area (Å²) in [7, 11) is 1.89. The Morgan fingerprint density at radius 2 is 2.04 bits per heavy atom. The number of carbonyl (C=O) groups excluding carboxylic acids is 1. The Kier molecular flexibility index (Phi) is 10.5. The van der Waals surface area contributed by atoms with E-state index in [4.69, 9.17) is 4.98 Å². The standard InChI is InChI=1S/C19H34N6OS.HI/c1-6-20-17(24(5)13-16(26)23-19(2,3)4)21-10-9-15-14-27-18(22-15)25-11-7-8-12-25;/h14H,6-13H2,1-5H3,(H,20,21)(H,23,26);1H. The summed E-state index contributed by atoms with van der Waals surface area (Å²) in [6, 6.07) is 0. The highest BCUT2D eigenvalue weighted by Gasteiger charge is 2.17. The molecular formula is C19H35IN6OS. The molecule has 0 atom stereocenters. The van der Waals surface area contributed by atoms with Crippen molar-refractivity contribution in [2.45, 2.75) is 52.5 Å². The Bertz CT molecular complexity index is 637. The number of guanidine groups is 1. The number of anilines is 1. The second kappa shape index (κ2) is 11.8. The Balaban J connectivity index is 0.00000392. The molecule has 28 heavy (non-hydrogen) atoms. The van der Waals surface area contributed by atoms with Gasteiger partial charge in [0.15, 0.2) is 11.1 Å². The van der Waals surface area contributed by atoms with Crippen LogP contribution >= 0.6 is 35.3 Å². The van der Waals surface area contributed by atoms with Gasteiger partial charge >= 0.3 is 0 Å². The molecule has 2 heterocycles. The molecule has 1 aromatic rings. The van der Waals surface area contributed by atoms with Crippen LogP contribution in [-0.2, 0) is 11.2 Å². The molecule has 0 bridgehead atoms. The van der Waals surface area contributed by atoms with Crippen molar-refractivity contribution in [3.63, 3.8) is 0 Å². The second-order valence-electron chi connectivity index (χ2n) is 7.96. The maximum atomic E-state index is 12.2. The predicted molar refractivity (Wildman–Crippen MR) is 129 cm³/mol. The summed E-state index contributed by atoms with van der Waals surface area (Å²) in [5.41, 5.74) is 0.861. The van der Waals surface area contributed by atoms with E-state index in [0.29, 0.717) is 6.54 Å². The lowest BCUT2D eigenvalue weighted by molar-refractivity contribution is -0.122. The van der Waals surface area contributed by atoms with E-state index in [0.717, 1.165) is 42.8 Å². The predicted octanol–water partition coefficient (Wildman–Crippen LogP) is 2.72. The Labute approximate surface area is 190 Å². The van der Waals surface area contributed by atoms with E-state index in [9.17, 15) is 4.79 Å². The van der Waals surface area contributed by atoms with E-state index in [1.54, 1.807) is 11.3 Å². The quantitative estimate of drug-likeness (QED) is 0.328. The van der Waals surface area contributed by atoms with Gasteiger partial charge in [0.2, 0.25) is 5.91 Å². The molecule has 0 saturated carbocycles. The van der Waals surface area contributed by atoms with Crippen molar-refractivity contribution in [2.75, 3.05) is 44.7 Å². The fraction of sp³-hybridized carbons (Fsp3) is 0.737. The first-order chi connectivity index (χ1) is 12.8. The number of halogens is 1. The highest BCUT2D eigenvalue weighted by molar-refractivity contribution is 14.0. The number of rotatable bonds is 7. The summed E-state index contributed by atoms with van der Waals surface area (Å²) in [5.74, 6) is 0.738. The van der Waals surface area contributed by atoms with Crippen molar-refractivity contribution in [1.82, 2.24) is 20.5 Å². The monoisotopic (exact) mass is 522 g/mol. The molecule has 0 spiro atoms. The van der Waals surface area contributed by atoms with Crippen LogP contribution in [0.25, 0.3) is 0 Å². The SMILES string of the molecule is CCNC(=NCCc1csc(N2CCCC2)n1)N(C)CC(=O)NC(C)(C)C.I. The fourth-order valence-corrected chi connectivity index (χ4v) is 3.87. The lowest BCUT2D eigenvalue weighted by Gasteiger charge is -2.25. The zero-order valence-corrected chi connectivity index (χ0v) is 20.9. The molecule has 1 aliphatic heterocycles. The molecule has 1 saturated heterocycles. The van der Waals surface area contributed by atoms with Crippen molar-refractivity contribution in [3.8, 4) is 0 Å². The van der Waals surface area contributed by atoms with E-state index in [1.807, 2.05) is 39.6 Å². The van der Waals surface area contributed by atoms with Crippen LogP contribution in [0.1, 0.15) is 46.2 Å². The smallest absolute Gasteiger partial charge is 0.240 e. The third kappa shape index (κ3) is 8.50. The van der Waals surface area contributed by atoms with Gasteiger partial charge in [0.05, 0.1) is 12.2 Å². The van der Waals surface area contributed by atoms with Crippen molar-refractivity contribution >= 4 is 52.3 Å². The average Bonchev–Trinajstić information content (AvgIpc) is 3.23. The number of likely N-dealkylation sites (N-methyl/N-ethyl adjacent to an activating group) is 1. The normalized spacial score (nSPS) is 14.6. The number of nitrogens with one attached hydrogen (secondary N) is 2. The molecule has 7 nitrogen and oxygen atoms in total. The van der Waals surface area contributed by atoms with E-state index >= 15 is 0 Å². The Hall–Kier alpha value is -1.10. The summed E-state index contributed by atoms with van der Waals surface area (Å²) in [6.07, 6.45) is 3.34. The Morgan fingerprint density at radius 1 is 1.36 bits per heavy atom. The first-order valence-electron chi connectivity index (χ1n) is 9.78. The summed E-state index contributed by atoms with van der Waals surface area (Å²) >= 11 is 1.72. The minimum absolute atomic E-state index is 0. The lowest BCUT2D eigenvalue weighted by atomic mass is 10.1. The molecule has 0 aromatic carbocycles. The van der Waals surface area contributed by atoms with Gasteiger partial charge in [-0.05, 0) is 40.5 Å². The molecule has 2 N–H and O–H groups in total. The molecule has 1 aromatic heterocycles. The zero-order valence-electron chi connectivity index (χ0n) is 17.7. The molecule has 160 valence electrons. The van der Waals surface area contributed by atoms with Gasteiger partial charge in [0.25, 0.3) is 0 Å². The highest BCUT2D eigenvalue weighted by atomic mass is 127. The third-order valence-electron chi connectivity index (χ3n) is 4.14. The van der Waals surface area contributed by atoms with Gasteiger partial charge < -0.3 is 20.4 Å². The number of aromatic nitrogens is 1. The summed E-state index contributed by atoms with van der Waals surface area (Å²) < 4.78 is 0. The molecule has 0 unspecified atom stereocenters. The van der Waals surface area contributed by atoms with Crippen LogP contribution in [0.2, 0.25) is 0 Å². The van der Waals surface area contributed by atoms with Crippen molar-refractivity contribution in [1.29, 1.82) is 0 Å². The average molecular weight is 523 g/mol. The van der Waals surface area contributed by atoms with Gasteiger partial charge in [-0.25, -0.2) is 4.98 Å². The molecular weight excluding hydrogens is 487 g/mol. The number of aliphatic imine (C=N–C) groups is 1. The lowest BCUT2D eigenvalue weighted by Crippen LogP contribution is -2.48. The second-order valence-corrected chi connectivity index (χ2v) is 8.79. The number of nitrogens with zero attached hydrogens (tertiary/aromatic N) is 4.